The molecule has 5 unspecified atom stereocenters. The second kappa shape index (κ2) is 10.3. The van der Waals surface area contributed by atoms with E-state index in [1.807, 2.05) is 0 Å². The van der Waals surface area contributed by atoms with Gasteiger partial charge in [-0.15, -0.1) is 24.8 Å². The van der Waals surface area contributed by atoms with Gasteiger partial charge >= 0.3 is 0 Å². The first-order valence-electron chi connectivity index (χ1n) is 10.5. The molecule has 1 aromatic rings. The molecule has 1 aromatic carbocycles. The molecule has 2 aliphatic carbocycles. The molecule has 6 heteroatoms. The van der Waals surface area contributed by atoms with Gasteiger partial charge in [-0.1, -0.05) is 30.7 Å². The highest BCUT2D eigenvalue weighted by Gasteiger charge is 2.48. The molecule has 0 radical (unpaired) electrons. The monoisotopic (exact) mass is 427 g/mol. The second-order valence-electron chi connectivity index (χ2n) is 8.79. The van der Waals surface area contributed by atoms with Crippen LogP contribution in [-0.2, 0) is 17.9 Å². The molecule has 0 aromatic heterocycles. The maximum atomic E-state index is 12.6. The van der Waals surface area contributed by atoms with E-state index in [2.05, 4.69) is 41.4 Å². The molecule has 4 rings (SSSR count). The van der Waals surface area contributed by atoms with Crippen molar-refractivity contribution in [2.45, 2.75) is 70.6 Å². The second-order valence-corrected chi connectivity index (χ2v) is 8.79. The third-order valence-corrected chi connectivity index (χ3v) is 7.10. The molecule has 3 N–H and O–H groups in total. The van der Waals surface area contributed by atoms with E-state index in [1.54, 1.807) is 0 Å². The Morgan fingerprint density at radius 3 is 2.39 bits per heavy atom. The minimum absolute atomic E-state index is 0. The van der Waals surface area contributed by atoms with Gasteiger partial charge in [-0.3, -0.25) is 9.69 Å². The Hall–Kier alpha value is -0.810. The molecule has 158 valence electrons. The molecule has 1 heterocycles. The van der Waals surface area contributed by atoms with Gasteiger partial charge in [0.1, 0.15) is 0 Å². The highest BCUT2D eigenvalue weighted by molar-refractivity contribution is 5.85. The lowest BCUT2D eigenvalue weighted by molar-refractivity contribution is -0.127. The number of fused-ring (bicyclic) bond motifs is 2. The van der Waals surface area contributed by atoms with Gasteiger partial charge in [0.15, 0.2) is 0 Å². The Morgan fingerprint density at radius 2 is 1.75 bits per heavy atom. The van der Waals surface area contributed by atoms with Crippen molar-refractivity contribution in [3.8, 4) is 0 Å². The van der Waals surface area contributed by atoms with Crippen molar-refractivity contribution in [1.29, 1.82) is 0 Å². The number of nitrogens with one attached hydrogen (secondary N) is 1. The van der Waals surface area contributed by atoms with Crippen LogP contribution in [-0.4, -0.2) is 29.4 Å². The first kappa shape index (κ1) is 23.5. The molecule has 2 bridgehead atoms. The molecule has 4 nitrogen and oxygen atoms in total. The smallest absolute Gasteiger partial charge is 0.225 e. The number of likely N-dealkylation sites (tertiary alicyclic amines) is 1. The normalized spacial score (nSPS) is 31.7. The average molecular weight is 428 g/mol. The van der Waals surface area contributed by atoms with Gasteiger partial charge in [0.2, 0.25) is 5.91 Å². The average Bonchev–Trinajstić information content (AvgIpc) is 3.24. The van der Waals surface area contributed by atoms with E-state index >= 15 is 0 Å². The highest BCUT2D eigenvalue weighted by Crippen LogP contribution is 2.47. The van der Waals surface area contributed by atoms with Crippen molar-refractivity contribution in [3.63, 3.8) is 0 Å². The molecule has 1 amide bonds. The van der Waals surface area contributed by atoms with E-state index in [1.165, 1.54) is 49.8 Å². The van der Waals surface area contributed by atoms with Crippen molar-refractivity contribution in [3.05, 3.63) is 35.4 Å². The van der Waals surface area contributed by atoms with Crippen LogP contribution in [0.3, 0.4) is 0 Å². The number of nitrogens with zero attached hydrogens (tertiary/aromatic N) is 1. The third kappa shape index (κ3) is 5.02. The summed E-state index contributed by atoms with van der Waals surface area (Å²) in [4.78, 5) is 15.2. The quantitative estimate of drug-likeness (QED) is 0.748. The van der Waals surface area contributed by atoms with Crippen LogP contribution in [0.1, 0.15) is 56.6 Å². The number of hydrogen-bond donors (Lipinski definition) is 2. The molecule has 1 aliphatic heterocycles. The van der Waals surface area contributed by atoms with Crippen LogP contribution in [0.25, 0.3) is 0 Å². The van der Waals surface area contributed by atoms with E-state index in [9.17, 15) is 4.79 Å². The fraction of sp³-hybridized carbons (Fsp3) is 0.682. The summed E-state index contributed by atoms with van der Waals surface area (Å²) < 4.78 is 0. The number of nitrogens with two attached hydrogens (primary N) is 1. The number of hydrogen-bond acceptors (Lipinski definition) is 3. The zero-order chi connectivity index (χ0) is 18.1. The molecule has 0 spiro atoms. The third-order valence-electron chi connectivity index (χ3n) is 7.10. The lowest BCUT2D eigenvalue weighted by atomic mass is 9.84. The lowest BCUT2D eigenvalue weighted by Crippen LogP contribution is -2.45. The van der Waals surface area contributed by atoms with Gasteiger partial charge < -0.3 is 11.1 Å². The minimum Gasteiger partial charge on any atom is -0.352 e. The Balaban J connectivity index is 0.00000140. The number of piperidine rings is 1. The van der Waals surface area contributed by atoms with E-state index in [-0.39, 0.29) is 42.7 Å². The Morgan fingerprint density at radius 1 is 1.07 bits per heavy atom. The summed E-state index contributed by atoms with van der Waals surface area (Å²) in [6, 6.07) is 9.50. The zero-order valence-electron chi connectivity index (χ0n) is 16.8. The predicted octanol–water partition coefficient (Wildman–Crippen LogP) is 3.89. The largest absolute Gasteiger partial charge is 0.352 e. The van der Waals surface area contributed by atoms with Crippen molar-refractivity contribution in [1.82, 2.24) is 10.2 Å². The van der Waals surface area contributed by atoms with Crippen LogP contribution in [0.5, 0.6) is 0 Å². The minimum atomic E-state index is 0. The summed E-state index contributed by atoms with van der Waals surface area (Å²) >= 11 is 0. The fourth-order valence-electron chi connectivity index (χ4n) is 5.42. The standard InChI is InChI=1S/C22H33N3O.2ClH/c1-15-4-2-3-11-25(15)14-17-7-5-16(6-8-17)13-24-22(26)20-18-9-10-19(12-18)21(20)23;;/h5-8,15,18-21H,2-4,9-14,23H2,1H3,(H,24,26);2*1H. The number of carbonyl (C=O) groups is 1. The first-order chi connectivity index (χ1) is 12.6. The van der Waals surface area contributed by atoms with E-state index in [0.29, 0.717) is 24.4 Å². The number of rotatable bonds is 5. The molecule has 3 aliphatic rings. The Bertz CT molecular complexity index is 637. The highest BCUT2D eigenvalue weighted by atomic mass is 35.5. The first-order valence-corrected chi connectivity index (χ1v) is 10.5. The van der Waals surface area contributed by atoms with Gasteiger partial charge in [0.25, 0.3) is 0 Å². The van der Waals surface area contributed by atoms with Gasteiger partial charge in [-0.2, -0.15) is 0 Å². The molecule has 28 heavy (non-hydrogen) atoms. The number of halogens is 2. The van der Waals surface area contributed by atoms with E-state index < -0.39 is 0 Å². The van der Waals surface area contributed by atoms with Gasteiger partial charge in [0.05, 0.1) is 5.92 Å². The van der Waals surface area contributed by atoms with Crippen LogP contribution in [0, 0.1) is 17.8 Å². The topological polar surface area (TPSA) is 58.4 Å². The van der Waals surface area contributed by atoms with Gasteiger partial charge in [0, 0.05) is 25.2 Å². The zero-order valence-corrected chi connectivity index (χ0v) is 18.4. The molecular formula is C22H35Cl2N3O. The molecule has 3 fully saturated rings. The Kier molecular flexibility index (Phi) is 8.62. The van der Waals surface area contributed by atoms with Crippen LogP contribution in [0.15, 0.2) is 24.3 Å². The lowest BCUT2D eigenvalue weighted by Gasteiger charge is -2.33. The molecular weight excluding hydrogens is 393 g/mol. The summed E-state index contributed by atoms with van der Waals surface area (Å²) in [5.41, 5.74) is 8.83. The predicted molar refractivity (Wildman–Crippen MR) is 119 cm³/mol. The van der Waals surface area contributed by atoms with Crippen molar-refractivity contribution in [2.24, 2.45) is 23.5 Å². The van der Waals surface area contributed by atoms with Crippen LogP contribution in [0.4, 0.5) is 0 Å². The molecule has 2 saturated carbocycles. The number of carbonyl (C=O) groups excluding carboxylic acids is 1. The van der Waals surface area contributed by atoms with Gasteiger partial charge in [-0.05, 0) is 68.5 Å². The summed E-state index contributed by atoms with van der Waals surface area (Å²) in [6.07, 6.45) is 7.55. The molecule has 5 atom stereocenters. The van der Waals surface area contributed by atoms with Crippen LogP contribution < -0.4 is 11.1 Å². The van der Waals surface area contributed by atoms with Crippen molar-refractivity contribution < 1.29 is 4.79 Å². The summed E-state index contributed by atoms with van der Waals surface area (Å²) in [5, 5.41) is 3.13. The van der Waals surface area contributed by atoms with Gasteiger partial charge in [-0.25, -0.2) is 0 Å². The van der Waals surface area contributed by atoms with Crippen molar-refractivity contribution >= 4 is 30.7 Å². The van der Waals surface area contributed by atoms with Crippen LogP contribution >= 0.6 is 24.8 Å². The van der Waals surface area contributed by atoms with E-state index in [4.69, 9.17) is 5.73 Å². The number of benzene rings is 1. The van der Waals surface area contributed by atoms with Crippen molar-refractivity contribution in [2.75, 3.05) is 6.54 Å². The molecule has 1 saturated heterocycles. The summed E-state index contributed by atoms with van der Waals surface area (Å²) in [5.74, 6) is 1.29. The SMILES string of the molecule is CC1CCCCN1Cc1ccc(CNC(=O)C2C3CCC(C3)C2N)cc1.Cl.Cl. The fourth-order valence-corrected chi connectivity index (χ4v) is 5.42. The summed E-state index contributed by atoms with van der Waals surface area (Å²) in [6.45, 7) is 5.19. The number of amides is 1. The maximum Gasteiger partial charge on any atom is 0.225 e. The van der Waals surface area contributed by atoms with Crippen LogP contribution in [0.2, 0.25) is 0 Å². The Labute approximate surface area is 181 Å². The maximum absolute atomic E-state index is 12.6. The van der Waals surface area contributed by atoms with E-state index in [0.717, 1.165) is 13.0 Å². The summed E-state index contributed by atoms with van der Waals surface area (Å²) in [7, 11) is 0.